The van der Waals surface area contributed by atoms with Crippen LogP contribution in [0.25, 0.3) is 0 Å². The average Bonchev–Trinajstić information content (AvgIpc) is 2.44. The molecule has 1 heterocycles. The molecule has 0 aliphatic carbocycles. The Labute approximate surface area is 118 Å². The first-order chi connectivity index (χ1) is 8.51. The van der Waals surface area contributed by atoms with Gasteiger partial charge in [-0.1, -0.05) is 13.8 Å². The molecule has 0 saturated carbocycles. The fourth-order valence-electron chi connectivity index (χ4n) is 1.90. The summed E-state index contributed by atoms with van der Waals surface area (Å²) >= 11 is 11.4. The molecule has 4 nitrogen and oxygen atoms in total. The second-order valence-corrected chi connectivity index (χ2v) is 5.38. The van der Waals surface area contributed by atoms with E-state index in [4.69, 9.17) is 23.2 Å². The Morgan fingerprint density at radius 2 is 1.17 bits per heavy atom. The number of halogens is 2. The van der Waals surface area contributed by atoms with Crippen LogP contribution in [0.4, 0.5) is 0 Å². The lowest BCUT2D eigenvalue weighted by molar-refractivity contribution is -0.142. The Balaban J connectivity index is 2.46. The van der Waals surface area contributed by atoms with E-state index in [1.54, 1.807) is 9.80 Å². The van der Waals surface area contributed by atoms with E-state index in [9.17, 15) is 9.59 Å². The van der Waals surface area contributed by atoms with Crippen LogP contribution >= 0.6 is 23.2 Å². The first kappa shape index (κ1) is 15.6. The van der Waals surface area contributed by atoms with E-state index in [2.05, 4.69) is 0 Å². The summed E-state index contributed by atoms with van der Waals surface area (Å²) in [4.78, 5) is 27.4. The molecular weight excluding hydrogens is 275 g/mol. The number of hydrogen-bond donors (Lipinski definition) is 0. The van der Waals surface area contributed by atoms with Crippen LogP contribution < -0.4 is 0 Å². The van der Waals surface area contributed by atoms with Gasteiger partial charge in [0.05, 0.1) is 0 Å². The Bertz CT molecular complexity index is 274. The van der Waals surface area contributed by atoms with Gasteiger partial charge in [0.2, 0.25) is 11.8 Å². The summed E-state index contributed by atoms with van der Waals surface area (Å²) in [5, 5.41) is 0. The summed E-state index contributed by atoms with van der Waals surface area (Å²) in [6.07, 6.45) is 0. The van der Waals surface area contributed by atoms with E-state index < -0.39 is 0 Å². The number of carbonyl (C=O) groups is 2. The van der Waals surface area contributed by atoms with E-state index in [0.717, 1.165) is 0 Å². The molecule has 2 amide bonds. The molecule has 0 bridgehead atoms. The van der Waals surface area contributed by atoms with Crippen molar-refractivity contribution in [2.45, 2.75) is 13.8 Å². The van der Waals surface area contributed by atoms with Crippen LogP contribution in [0.1, 0.15) is 13.8 Å². The third-order valence-corrected chi connectivity index (χ3v) is 4.13. The molecule has 0 aromatic carbocycles. The zero-order chi connectivity index (χ0) is 13.7. The van der Waals surface area contributed by atoms with Crippen molar-refractivity contribution >= 4 is 35.0 Å². The monoisotopic (exact) mass is 294 g/mol. The lowest BCUT2D eigenvalue weighted by atomic mass is 10.1. The summed E-state index contributed by atoms with van der Waals surface area (Å²) in [6, 6.07) is 0. The van der Waals surface area contributed by atoms with Crippen molar-refractivity contribution in [1.29, 1.82) is 0 Å². The van der Waals surface area contributed by atoms with Gasteiger partial charge < -0.3 is 9.80 Å². The predicted molar refractivity (Wildman–Crippen MR) is 72.9 cm³/mol. The number of hydrogen-bond acceptors (Lipinski definition) is 2. The number of rotatable bonds is 4. The number of nitrogens with zero attached hydrogens (tertiary/aromatic N) is 2. The highest BCUT2D eigenvalue weighted by atomic mass is 35.5. The summed E-state index contributed by atoms with van der Waals surface area (Å²) in [7, 11) is 0. The van der Waals surface area contributed by atoms with Crippen molar-refractivity contribution in [3.05, 3.63) is 0 Å². The maximum absolute atomic E-state index is 11.9. The van der Waals surface area contributed by atoms with Gasteiger partial charge in [-0.15, -0.1) is 23.2 Å². The fraction of sp³-hybridized carbons (Fsp3) is 0.833. The van der Waals surface area contributed by atoms with E-state index in [-0.39, 0.29) is 23.7 Å². The van der Waals surface area contributed by atoms with Gasteiger partial charge in [-0.2, -0.15) is 0 Å². The van der Waals surface area contributed by atoms with E-state index in [1.807, 2.05) is 13.8 Å². The minimum absolute atomic E-state index is 0.0718. The second kappa shape index (κ2) is 7.19. The molecule has 2 atom stereocenters. The van der Waals surface area contributed by atoms with Crippen LogP contribution in [0.2, 0.25) is 0 Å². The zero-order valence-corrected chi connectivity index (χ0v) is 12.4. The van der Waals surface area contributed by atoms with E-state index in [1.165, 1.54) is 0 Å². The van der Waals surface area contributed by atoms with Crippen molar-refractivity contribution < 1.29 is 9.59 Å². The standard InChI is InChI=1S/C12H20Cl2N2O2/c1-9(7-13)11(17)15-3-5-16(6-4-15)12(18)10(2)8-14/h9-10H,3-8H2,1-2H3. The molecule has 1 saturated heterocycles. The first-order valence-corrected chi connectivity index (χ1v) is 7.27. The maximum Gasteiger partial charge on any atom is 0.226 e. The lowest BCUT2D eigenvalue weighted by Crippen LogP contribution is -2.53. The number of alkyl halides is 2. The summed E-state index contributed by atoms with van der Waals surface area (Å²) in [6.45, 7) is 5.98. The Hall–Kier alpha value is -0.480. The first-order valence-electron chi connectivity index (χ1n) is 6.20. The Kier molecular flexibility index (Phi) is 6.22. The lowest BCUT2D eigenvalue weighted by Gasteiger charge is -2.36. The van der Waals surface area contributed by atoms with Gasteiger partial charge in [0.1, 0.15) is 0 Å². The molecule has 0 aromatic rings. The number of piperazine rings is 1. The smallest absolute Gasteiger partial charge is 0.226 e. The van der Waals surface area contributed by atoms with Gasteiger partial charge in [-0.05, 0) is 0 Å². The van der Waals surface area contributed by atoms with Crippen LogP contribution in [0.3, 0.4) is 0 Å². The van der Waals surface area contributed by atoms with E-state index in [0.29, 0.717) is 37.9 Å². The third kappa shape index (κ3) is 3.75. The van der Waals surface area contributed by atoms with Gasteiger partial charge in [0.25, 0.3) is 0 Å². The van der Waals surface area contributed by atoms with Gasteiger partial charge in [0.15, 0.2) is 0 Å². The largest absolute Gasteiger partial charge is 0.339 e. The van der Waals surface area contributed by atoms with Crippen molar-refractivity contribution in [2.75, 3.05) is 37.9 Å². The van der Waals surface area contributed by atoms with Crippen molar-refractivity contribution in [2.24, 2.45) is 11.8 Å². The molecule has 6 heteroatoms. The molecule has 0 spiro atoms. The third-order valence-electron chi connectivity index (χ3n) is 3.21. The van der Waals surface area contributed by atoms with Gasteiger partial charge in [-0.25, -0.2) is 0 Å². The molecule has 1 aliphatic heterocycles. The molecule has 1 aliphatic rings. The van der Waals surface area contributed by atoms with Gasteiger partial charge >= 0.3 is 0 Å². The SMILES string of the molecule is CC(CCl)C(=O)N1CCN(C(=O)C(C)CCl)CC1. The molecule has 0 N–H and O–H groups in total. The molecule has 18 heavy (non-hydrogen) atoms. The zero-order valence-electron chi connectivity index (χ0n) is 10.9. The predicted octanol–water partition coefficient (Wildman–Crippen LogP) is 1.41. The van der Waals surface area contributed by atoms with Crippen LogP contribution in [0, 0.1) is 11.8 Å². The summed E-state index contributed by atoms with van der Waals surface area (Å²) in [5.74, 6) is 0.499. The Morgan fingerprint density at radius 3 is 1.39 bits per heavy atom. The fourth-order valence-corrected chi connectivity index (χ4v) is 2.17. The quantitative estimate of drug-likeness (QED) is 0.736. The second-order valence-electron chi connectivity index (χ2n) is 4.76. The minimum atomic E-state index is -0.157. The van der Waals surface area contributed by atoms with E-state index >= 15 is 0 Å². The molecule has 2 unspecified atom stereocenters. The number of amides is 2. The molecular formula is C12H20Cl2N2O2. The average molecular weight is 295 g/mol. The topological polar surface area (TPSA) is 40.6 Å². The Morgan fingerprint density at radius 1 is 0.889 bits per heavy atom. The highest BCUT2D eigenvalue weighted by molar-refractivity contribution is 6.19. The molecule has 0 aromatic heterocycles. The van der Waals surface area contributed by atoms with Crippen LogP contribution in [0.15, 0.2) is 0 Å². The maximum atomic E-state index is 11.9. The summed E-state index contributed by atoms with van der Waals surface area (Å²) in [5.41, 5.74) is 0. The van der Waals surface area contributed by atoms with Crippen molar-refractivity contribution in [1.82, 2.24) is 9.80 Å². The molecule has 0 radical (unpaired) electrons. The van der Waals surface area contributed by atoms with Gasteiger partial charge in [-0.3, -0.25) is 9.59 Å². The van der Waals surface area contributed by atoms with Crippen LogP contribution in [-0.4, -0.2) is 59.6 Å². The molecule has 1 fully saturated rings. The molecule has 1 rings (SSSR count). The molecule has 104 valence electrons. The minimum Gasteiger partial charge on any atom is -0.339 e. The highest BCUT2D eigenvalue weighted by Gasteiger charge is 2.28. The van der Waals surface area contributed by atoms with Gasteiger partial charge in [0, 0.05) is 49.8 Å². The summed E-state index contributed by atoms with van der Waals surface area (Å²) < 4.78 is 0. The van der Waals surface area contributed by atoms with Crippen LogP contribution in [0.5, 0.6) is 0 Å². The number of carbonyl (C=O) groups excluding carboxylic acids is 2. The normalized spacial score (nSPS) is 19.6. The highest BCUT2D eigenvalue weighted by Crippen LogP contribution is 2.12. The van der Waals surface area contributed by atoms with Crippen molar-refractivity contribution in [3.8, 4) is 0 Å². The van der Waals surface area contributed by atoms with Crippen LogP contribution in [-0.2, 0) is 9.59 Å². The van der Waals surface area contributed by atoms with Crippen molar-refractivity contribution in [3.63, 3.8) is 0 Å².